The number of nitrogens with one attached hydrogen (secondary N) is 1. The molecule has 1 aromatic heterocycles. The van der Waals surface area contributed by atoms with Crippen LogP contribution in [0, 0.1) is 0 Å². The van der Waals surface area contributed by atoms with E-state index in [2.05, 4.69) is 10.3 Å². The average Bonchev–Trinajstić information content (AvgIpc) is 3.48. The van der Waals surface area contributed by atoms with Crippen molar-refractivity contribution in [1.82, 2.24) is 30.1 Å². The van der Waals surface area contributed by atoms with E-state index in [9.17, 15) is 14.4 Å². The van der Waals surface area contributed by atoms with Crippen LogP contribution < -0.4 is 16.0 Å². The summed E-state index contributed by atoms with van der Waals surface area (Å²) in [6.45, 7) is 3.08. The summed E-state index contributed by atoms with van der Waals surface area (Å²) in [5.41, 5.74) is 9.69. The number of piperazine rings is 1. The molecule has 0 spiro atoms. The SMILES string of the molecule is CCCN(C(=O)NC)N1CC(=O)N2[C@@H](Cc3ccc(N(C)C)cc3)C(=O)N(Cc3cccc4sc(N)nc34)C[C@@H]21. The number of carbonyl (C=O) groups is 3. The molecule has 0 bridgehead atoms. The molecule has 0 unspecified atom stereocenters. The van der Waals surface area contributed by atoms with E-state index in [1.54, 1.807) is 21.9 Å². The van der Waals surface area contributed by atoms with E-state index >= 15 is 0 Å². The molecule has 0 saturated carbocycles. The number of hydrazine groups is 1. The van der Waals surface area contributed by atoms with Gasteiger partial charge in [-0.3, -0.25) is 14.6 Å². The number of anilines is 2. The quantitative estimate of drug-likeness (QED) is 0.431. The van der Waals surface area contributed by atoms with Crippen LogP contribution in [0.15, 0.2) is 42.5 Å². The van der Waals surface area contributed by atoms with Gasteiger partial charge in [0, 0.05) is 46.3 Å². The maximum atomic E-state index is 14.1. The zero-order valence-electron chi connectivity index (χ0n) is 23.3. The van der Waals surface area contributed by atoms with Crippen LogP contribution in [-0.2, 0) is 22.6 Å². The normalized spacial score (nSPS) is 19.3. The molecule has 11 nitrogen and oxygen atoms in total. The number of amides is 4. The highest BCUT2D eigenvalue weighted by atomic mass is 32.1. The van der Waals surface area contributed by atoms with Gasteiger partial charge in [-0.2, -0.15) is 5.01 Å². The third kappa shape index (κ3) is 5.16. The van der Waals surface area contributed by atoms with E-state index in [1.807, 2.05) is 73.4 Å². The van der Waals surface area contributed by atoms with Crippen LogP contribution in [0.25, 0.3) is 10.2 Å². The van der Waals surface area contributed by atoms with Gasteiger partial charge in [-0.25, -0.2) is 9.78 Å². The average molecular weight is 565 g/mol. The first-order valence-corrected chi connectivity index (χ1v) is 14.3. The maximum Gasteiger partial charge on any atom is 0.331 e. The number of carbonyl (C=O) groups excluding carboxylic acids is 3. The molecule has 2 aromatic carbocycles. The number of rotatable bonds is 8. The van der Waals surface area contributed by atoms with Gasteiger partial charge in [0.1, 0.15) is 12.2 Å². The lowest BCUT2D eigenvalue weighted by molar-refractivity contribution is -0.157. The highest BCUT2D eigenvalue weighted by molar-refractivity contribution is 7.22. The lowest BCUT2D eigenvalue weighted by atomic mass is 9.99. The molecule has 2 saturated heterocycles. The van der Waals surface area contributed by atoms with Gasteiger partial charge >= 0.3 is 6.03 Å². The van der Waals surface area contributed by atoms with Gasteiger partial charge in [-0.15, -0.1) is 0 Å². The standard InChI is InChI=1S/C28H36N8O3S/c1-5-13-34(28(39)30-2)35-17-24(37)36-21(14-18-9-11-20(12-10-18)32(3)4)26(38)33(16-23(35)36)15-19-7-6-8-22-25(19)31-27(29)40-22/h6-12,21,23H,5,13-17H2,1-4H3,(H2,29,31)(H,30,39)/t21-,23+/m0/s1. The summed E-state index contributed by atoms with van der Waals surface area (Å²) >= 11 is 1.41. The van der Waals surface area contributed by atoms with Gasteiger partial charge in [-0.05, 0) is 35.7 Å². The Morgan fingerprint density at radius 3 is 2.60 bits per heavy atom. The van der Waals surface area contributed by atoms with E-state index in [4.69, 9.17) is 5.73 Å². The minimum Gasteiger partial charge on any atom is -0.378 e. The molecule has 2 fully saturated rings. The largest absolute Gasteiger partial charge is 0.378 e. The number of aromatic nitrogens is 1. The number of hydrogen-bond donors (Lipinski definition) is 2. The van der Waals surface area contributed by atoms with Gasteiger partial charge in [0.15, 0.2) is 5.13 Å². The summed E-state index contributed by atoms with van der Waals surface area (Å²) < 4.78 is 0.963. The minimum absolute atomic E-state index is 0.0352. The number of urea groups is 1. The predicted molar refractivity (Wildman–Crippen MR) is 157 cm³/mol. The highest BCUT2D eigenvalue weighted by Gasteiger charge is 2.52. The first-order chi connectivity index (χ1) is 19.2. The molecule has 2 atom stereocenters. The zero-order valence-corrected chi connectivity index (χ0v) is 24.1. The van der Waals surface area contributed by atoms with E-state index in [0.717, 1.165) is 33.5 Å². The molecule has 4 amide bonds. The fraction of sp³-hybridized carbons (Fsp3) is 0.429. The van der Waals surface area contributed by atoms with E-state index in [1.165, 1.54) is 11.3 Å². The van der Waals surface area contributed by atoms with Crippen molar-refractivity contribution in [3.05, 3.63) is 53.6 Å². The van der Waals surface area contributed by atoms with Gasteiger partial charge < -0.3 is 25.8 Å². The molecule has 2 aliphatic heterocycles. The first-order valence-electron chi connectivity index (χ1n) is 13.5. The Morgan fingerprint density at radius 1 is 1.18 bits per heavy atom. The van der Waals surface area contributed by atoms with Gasteiger partial charge in [0.2, 0.25) is 11.8 Å². The third-order valence-electron chi connectivity index (χ3n) is 7.52. The van der Waals surface area contributed by atoms with Crippen molar-refractivity contribution >= 4 is 50.2 Å². The van der Waals surface area contributed by atoms with Crippen LogP contribution in [-0.4, -0.2) is 95.6 Å². The van der Waals surface area contributed by atoms with Crippen molar-refractivity contribution in [2.24, 2.45) is 0 Å². The lowest BCUT2D eigenvalue weighted by Gasteiger charge is -2.46. The van der Waals surface area contributed by atoms with Gasteiger partial charge in [-0.1, -0.05) is 42.5 Å². The number of nitrogens with zero attached hydrogens (tertiary/aromatic N) is 6. The Kier molecular flexibility index (Phi) is 7.81. The van der Waals surface area contributed by atoms with Crippen LogP contribution in [0.4, 0.5) is 15.6 Å². The molecule has 3 N–H and O–H groups in total. The van der Waals surface area contributed by atoms with Crippen LogP contribution in [0.3, 0.4) is 0 Å². The van der Waals surface area contributed by atoms with Crippen LogP contribution in [0.2, 0.25) is 0 Å². The molecule has 0 radical (unpaired) electrons. The smallest absolute Gasteiger partial charge is 0.331 e. The predicted octanol–water partition coefficient (Wildman–Crippen LogP) is 2.33. The van der Waals surface area contributed by atoms with Crippen molar-refractivity contribution in [3.8, 4) is 0 Å². The topological polar surface area (TPSA) is 118 Å². The number of nitrogen functional groups attached to an aromatic ring is 1. The number of thiazole rings is 1. The van der Waals surface area contributed by atoms with E-state index in [0.29, 0.717) is 24.6 Å². The summed E-state index contributed by atoms with van der Waals surface area (Å²) in [7, 11) is 5.53. The number of nitrogens with two attached hydrogens (primary N) is 1. The molecule has 5 rings (SSSR count). The Bertz CT molecular complexity index is 1410. The summed E-state index contributed by atoms with van der Waals surface area (Å²) in [4.78, 5) is 50.5. The fourth-order valence-electron chi connectivity index (χ4n) is 5.59. The second-order valence-corrected chi connectivity index (χ2v) is 11.4. The van der Waals surface area contributed by atoms with E-state index in [-0.39, 0.29) is 30.9 Å². The highest BCUT2D eigenvalue weighted by Crippen LogP contribution is 2.32. The summed E-state index contributed by atoms with van der Waals surface area (Å²) in [6.07, 6.45) is 0.628. The monoisotopic (exact) mass is 564 g/mol. The summed E-state index contributed by atoms with van der Waals surface area (Å²) in [6, 6.07) is 12.9. The Balaban J connectivity index is 1.51. The van der Waals surface area contributed by atoms with Crippen molar-refractivity contribution in [2.75, 3.05) is 51.4 Å². The minimum atomic E-state index is -0.700. The third-order valence-corrected chi connectivity index (χ3v) is 8.37. The molecule has 0 aliphatic carbocycles. The van der Waals surface area contributed by atoms with Crippen molar-refractivity contribution in [1.29, 1.82) is 0 Å². The molecule has 3 aromatic rings. The van der Waals surface area contributed by atoms with Gasteiger partial charge in [0.05, 0.1) is 23.3 Å². The second kappa shape index (κ2) is 11.3. The van der Waals surface area contributed by atoms with Crippen LogP contribution in [0.1, 0.15) is 24.5 Å². The number of benzene rings is 2. The number of hydrogen-bond acceptors (Lipinski definition) is 8. The molecule has 3 heterocycles. The summed E-state index contributed by atoms with van der Waals surface area (Å²) in [5.74, 6) is -0.280. The maximum absolute atomic E-state index is 14.1. The first kappa shape index (κ1) is 27.7. The Hall–Kier alpha value is -3.90. The molecule has 12 heteroatoms. The Morgan fingerprint density at radius 2 is 1.93 bits per heavy atom. The molecule has 40 heavy (non-hydrogen) atoms. The fourth-order valence-corrected chi connectivity index (χ4v) is 6.37. The molecule has 212 valence electrons. The van der Waals surface area contributed by atoms with E-state index < -0.39 is 12.2 Å². The number of para-hydroxylation sites is 1. The molecular weight excluding hydrogens is 528 g/mol. The van der Waals surface area contributed by atoms with Crippen molar-refractivity contribution in [3.63, 3.8) is 0 Å². The lowest BCUT2D eigenvalue weighted by Crippen LogP contribution is -2.66. The molecule has 2 aliphatic rings. The van der Waals surface area contributed by atoms with Crippen molar-refractivity contribution in [2.45, 2.75) is 38.5 Å². The number of fused-ring (bicyclic) bond motifs is 2. The molecular formula is C28H36N8O3S. The van der Waals surface area contributed by atoms with Gasteiger partial charge in [0.25, 0.3) is 0 Å². The Labute approximate surface area is 238 Å². The summed E-state index contributed by atoms with van der Waals surface area (Å²) in [5, 5.41) is 6.59. The van der Waals surface area contributed by atoms with Crippen molar-refractivity contribution < 1.29 is 14.4 Å². The zero-order chi connectivity index (χ0) is 28.6. The second-order valence-electron chi connectivity index (χ2n) is 10.4. The van der Waals surface area contributed by atoms with Crippen LogP contribution >= 0.6 is 11.3 Å². The van der Waals surface area contributed by atoms with Crippen LogP contribution in [0.5, 0.6) is 0 Å².